The SMILES string of the molecule is C.C=CC(c1cccnc1)S(=O)(=O)N[C@H](C)c1ccc(OS(=O)(=O)C(F)(F)F)cc1. The molecule has 0 radical (unpaired) electrons. The number of hydrogen-bond acceptors (Lipinski definition) is 6. The van der Waals surface area contributed by atoms with Crippen LogP contribution < -0.4 is 8.91 Å². The van der Waals surface area contributed by atoms with Crippen LogP contribution in [-0.4, -0.2) is 27.3 Å². The molecule has 0 bridgehead atoms. The fraction of sp³-hybridized carbons (Fsp3) is 0.278. The van der Waals surface area contributed by atoms with Crippen molar-refractivity contribution < 1.29 is 34.2 Å². The zero-order chi connectivity index (χ0) is 21.9. The zero-order valence-electron chi connectivity index (χ0n) is 15.0. The molecule has 2 aromatic rings. The second-order valence-electron chi connectivity index (χ2n) is 5.88. The highest BCUT2D eigenvalue weighted by atomic mass is 32.2. The van der Waals surface area contributed by atoms with Crippen molar-refractivity contribution in [2.45, 2.75) is 31.2 Å². The molecule has 12 heteroatoms. The number of nitrogens with zero attached hydrogens (tertiary/aromatic N) is 1. The Bertz CT molecular complexity index is 1060. The molecule has 2 rings (SSSR count). The third-order valence-electron chi connectivity index (χ3n) is 3.77. The first kappa shape index (κ1) is 25.6. The van der Waals surface area contributed by atoms with Gasteiger partial charge in [0.2, 0.25) is 10.0 Å². The summed E-state index contributed by atoms with van der Waals surface area (Å²) in [6, 6.07) is 6.88. The maximum atomic E-state index is 12.7. The highest BCUT2D eigenvalue weighted by molar-refractivity contribution is 7.89. The maximum Gasteiger partial charge on any atom is 0.534 e. The summed E-state index contributed by atoms with van der Waals surface area (Å²) < 4.78 is 90.9. The van der Waals surface area contributed by atoms with E-state index in [-0.39, 0.29) is 7.43 Å². The Morgan fingerprint density at radius 1 is 1.10 bits per heavy atom. The fourth-order valence-electron chi connectivity index (χ4n) is 2.36. The highest BCUT2D eigenvalue weighted by Gasteiger charge is 2.48. The van der Waals surface area contributed by atoms with E-state index < -0.39 is 42.7 Å². The normalized spacial score (nSPS) is 14.3. The van der Waals surface area contributed by atoms with Crippen LogP contribution in [0, 0.1) is 0 Å². The van der Waals surface area contributed by atoms with Crippen LogP contribution in [0.25, 0.3) is 0 Å². The number of rotatable bonds is 8. The van der Waals surface area contributed by atoms with Crippen LogP contribution in [0.3, 0.4) is 0 Å². The van der Waals surface area contributed by atoms with Gasteiger partial charge in [-0.05, 0) is 36.2 Å². The lowest BCUT2D eigenvalue weighted by molar-refractivity contribution is -0.0500. The quantitative estimate of drug-likeness (QED) is 0.360. The molecule has 0 amide bonds. The molecule has 1 aromatic heterocycles. The maximum absolute atomic E-state index is 12.7. The summed E-state index contributed by atoms with van der Waals surface area (Å²) in [5.41, 5.74) is -4.77. The van der Waals surface area contributed by atoms with Crippen LogP contribution in [0.1, 0.15) is 36.8 Å². The molecule has 0 aliphatic heterocycles. The van der Waals surface area contributed by atoms with E-state index in [1.165, 1.54) is 37.5 Å². The van der Waals surface area contributed by atoms with Gasteiger partial charge in [-0.15, -0.1) is 6.58 Å². The first-order chi connectivity index (χ1) is 13.4. The van der Waals surface area contributed by atoms with Gasteiger partial charge in [0.25, 0.3) is 0 Å². The smallest absolute Gasteiger partial charge is 0.376 e. The number of aromatic nitrogens is 1. The molecular formula is C18H21F3N2O5S2. The number of halogens is 3. The Morgan fingerprint density at radius 3 is 2.17 bits per heavy atom. The molecule has 0 saturated carbocycles. The van der Waals surface area contributed by atoms with Gasteiger partial charge in [0, 0.05) is 18.4 Å². The van der Waals surface area contributed by atoms with E-state index in [0.29, 0.717) is 11.1 Å². The van der Waals surface area contributed by atoms with Crippen LogP contribution in [0.4, 0.5) is 13.2 Å². The molecule has 0 aliphatic rings. The van der Waals surface area contributed by atoms with E-state index in [9.17, 15) is 30.0 Å². The van der Waals surface area contributed by atoms with E-state index in [1.807, 2.05) is 0 Å². The molecule has 0 aliphatic carbocycles. The number of nitrogens with one attached hydrogen (secondary N) is 1. The summed E-state index contributed by atoms with van der Waals surface area (Å²) >= 11 is 0. The molecular weight excluding hydrogens is 445 g/mol. The van der Waals surface area contributed by atoms with Gasteiger partial charge in [-0.3, -0.25) is 4.98 Å². The van der Waals surface area contributed by atoms with Crippen molar-refractivity contribution in [3.8, 4) is 5.75 Å². The minimum Gasteiger partial charge on any atom is -0.376 e. The van der Waals surface area contributed by atoms with E-state index in [2.05, 4.69) is 20.5 Å². The van der Waals surface area contributed by atoms with Gasteiger partial charge in [0.1, 0.15) is 11.0 Å². The molecule has 1 unspecified atom stereocenters. The van der Waals surface area contributed by atoms with Crippen molar-refractivity contribution in [1.29, 1.82) is 0 Å². The standard InChI is InChI=1S/C17H17F3N2O5S2.CH4/c1-3-16(14-5-4-10-21-11-14)28(23,24)22-12(2)13-6-8-15(9-7-13)27-29(25,26)17(18,19)20;/h3-12,16,22H,1H2,2H3;1H4/t12-,16?;/m1./s1. The molecule has 166 valence electrons. The molecule has 1 heterocycles. The number of benzene rings is 1. The van der Waals surface area contributed by atoms with E-state index in [1.54, 1.807) is 12.1 Å². The molecule has 2 atom stereocenters. The molecule has 0 fully saturated rings. The highest BCUT2D eigenvalue weighted by Crippen LogP contribution is 2.28. The summed E-state index contributed by atoms with van der Waals surface area (Å²) in [5, 5.41) is -1.07. The topological polar surface area (TPSA) is 102 Å². The van der Waals surface area contributed by atoms with Crippen LogP contribution in [0.15, 0.2) is 61.4 Å². The number of pyridine rings is 1. The molecule has 7 nitrogen and oxygen atoms in total. The average Bonchev–Trinajstić information content (AvgIpc) is 2.62. The minimum atomic E-state index is -5.79. The average molecular weight is 467 g/mol. The van der Waals surface area contributed by atoms with Gasteiger partial charge >= 0.3 is 15.6 Å². The summed E-state index contributed by atoms with van der Waals surface area (Å²) in [4.78, 5) is 3.88. The first-order valence-corrected chi connectivity index (χ1v) is 11.0. The lowest BCUT2D eigenvalue weighted by Crippen LogP contribution is -2.31. The van der Waals surface area contributed by atoms with Crippen molar-refractivity contribution >= 4 is 20.1 Å². The summed E-state index contributed by atoms with van der Waals surface area (Å²) in [6.45, 7) is 5.05. The van der Waals surface area contributed by atoms with Crippen molar-refractivity contribution in [2.75, 3.05) is 0 Å². The minimum absolute atomic E-state index is 0. The van der Waals surface area contributed by atoms with Crippen molar-refractivity contribution in [3.05, 3.63) is 72.6 Å². The van der Waals surface area contributed by atoms with Crippen molar-refractivity contribution in [1.82, 2.24) is 9.71 Å². The number of alkyl halides is 3. The van der Waals surface area contributed by atoms with Gasteiger partial charge in [-0.25, -0.2) is 13.1 Å². The van der Waals surface area contributed by atoms with Gasteiger partial charge in [0.15, 0.2) is 0 Å². The largest absolute Gasteiger partial charge is 0.534 e. The lowest BCUT2D eigenvalue weighted by Gasteiger charge is -2.19. The van der Waals surface area contributed by atoms with Crippen molar-refractivity contribution in [3.63, 3.8) is 0 Å². The summed E-state index contributed by atoms with van der Waals surface area (Å²) in [6.07, 6.45) is 4.13. The van der Waals surface area contributed by atoms with Gasteiger partial charge in [0.05, 0.1) is 0 Å². The third kappa shape index (κ3) is 6.03. The van der Waals surface area contributed by atoms with Crippen LogP contribution in [0.5, 0.6) is 5.75 Å². The summed E-state index contributed by atoms with van der Waals surface area (Å²) in [5.74, 6) is -0.555. The zero-order valence-corrected chi connectivity index (χ0v) is 16.6. The van der Waals surface area contributed by atoms with Gasteiger partial charge < -0.3 is 4.18 Å². The third-order valence-corrected chi connectivity index (χ3v) is 6.57. The predicted molar refractivity (Wildman–Crippen MR) is 106 cm³/mol. The second kappa shape index (κ2) is 9.58. The number of sulfonamides is 1. The van der Waals surface area contributed by atoms with E-state index in [4.69, 9.17) is 0 Å². The fourth-order valence-corrected chi connectivity index (χ4v) is 4.35. The van der Waals surface area contributed by atoms with Crippen molar-refractivity contribution in [2.24, 2.45) is 0 Å². The molecule has 0 saturated heterocycles. The van der Waals surface area contributed by atoms with Crippen LogP contribution in [-0.2, 0) is 20.1 Å². The number of hydrogen-bond donors (Lipinski definition) is 1. The van der Waals surface area contributed by atoms with Crippen LogP contribution in [0.2, 0.25) is 0 Å². The molecule has 0 spiro atoms. The summed E-state index contributed by atoms with van der Waals surface area (Å²) in [7, 11) is -9.70. The Morgan fingerprint density at radius 2 is 1.70 bits per heavy atom. The Hall–Kier alpha value is -2.44. The Kier molecular flexibility index (Phi) is 8.17. The Balaban J connectivity index is 0.00000450. The molecule has 30 heavy (non-hydrogen) atoms. The predicted octanol–water partition coefficient (Wildman–Crippen LogP) is 3.85. The lowest BCUT2D eigenvalue weighted by atomic mass is 10.1. The first-order valence-electron chi connectivity index (χ1n) is 8.02. The molecule has 1 N–H and O–H groups in total. The molecule has 1 aromatic carbocycles. The van der Waals surface area contributed by atoms with E-state index in [0.717, 1.165) is 12.1 Å². The van der Waals surface area contributed by atoms with Gasteiger partial charge in [-0.2, -0.15) is 21.6 Å². The second-order valence-corrected chi connectivity index (χ2v) is 9.25. The monoisotopic (exact) mass is 466 g/mol. The van der Waals surface area contributed by atoms with Gasteiger partial charge in [-0.1, -0.05) is 31.7 Å². The Labute approximate surface area is 173 Å². The van der Waals surface area contributed by atoms with E-state index >= 15 is 0 Å². The van der Waals surface area contributed by atoms with Crippen LogP contribution >= 0.6 is 0 Å².